The predicted octanol–water partition coefficient (Wildman–Crippen LogP) is 3.25. The second-order valence-corrected chi connectivity index (χ2v) is 9.48. The standard InChI is InChI=1S/C25H32F2N6O2/c1-4-7-28-23-24(31-19-13-20(22(34)25(2,3)35)29-14-21(19)30-23)33-10-8-32(9-11-33)15-16-5-6-17(26)12-18(16)27/h5-6,12-14,22,34-35H,4,7-11,15H2,1-3H3,(H,28,30). The number of hydrogen-bond acceptors (Lipinski definition) is 8. The summed E-state index contributed by atoms with van der Waals surface area (Å²) in [6, 6.07) is 5.35. The van der Waals surface area contributed by atoms with Crippen LogP contribution in [0.1, 0.15) is 44.6 Å². The number of nitrogens with zero attached hydrogens (tertiary/aromatic N) is 5. The van der Waals surface area contributed by atoms with Crippen LogP contribution < -0.4 is 10.2 Å². The summed E-state index contributed by atoms with van der Waals surface area (Å²) in [7, 11) is 0. The monoisotopic (exact) mass is 486 g/mol. The molecule has 8 nitrogen and oxygen atoms in total. The minimum atomic E-state index is -1.35. The van der Waals surface area contributed by atoms with Crippen molar-refractivity contribution in [2.45, 2.75) is 45.4 Å². The fourth-order valence-corrected chi connectivity index (χ4v) is 4.07. The zero-order valence-electron chi connectivity index (χ0n) is 20.3. The number of halogens is 2. The molecular formula is C25H32F2N6O2. The van der Waals surface area contributed by atoms with Crippen molar-refractivity contribution in [1.82, 2.24) is 19.9 Å². The van der Waals surface area contributed by atoms with Gasteiger partial charge >= 0.3 is 0 Å². The molecule has 1 aromatic carbocycles. The van der Waals surface area contributed by atoms with Crippen molar-refractivity contribution >= 4 is 22.7 Å². The van der Waals surface area contributed by atoms with Crippen LogP contribution in [-0.2, 0) is 6.54 Å². The summed E-state index contributed by atoms with van der Waals surface area (Å²) in [5.41, 5.74) is 0.613. The van der Waals surface area contributed by atoms with Gasteiger partial charge in [-0.05, 0) is 32.4 Å². The van der Waals surface area contributed by atoms with E-state index in [9.17, 15) is 19.0 Å². The first-order valence-electron chi connectivity index (χ1n) is 11.9. The molecule has 0 spiro atoms. The minimum Gasteiger partial charge on any atom is -0.387 e. The van der Waals surface area contributed by atoms with Crippen LogP contribution in [0.25, 0.3) is 11.0 Å². The van der Waals surface area contributed by atoms with Gasteiger partial charge in [-0.3, -0.25) is 9.88 Å². The highest BCUT2D eigenvalue weighted by Crippen LogP contribution is 2.29. The Morgan fingerprint density at radius 1 is 1.09 bits per heavy atom. The minimum absolute atomic E-state index is 0.325. The van der Waals surface area contributed by atoms with Gasteiger partial charge in [0.15, 0.2) is 11.6 Å². The Balaban J connectivity index is 1.56. The molecular weight excluding hydrogens is 454 g/mol. The summed E-state index contributed by atoms with van der Waals surface area (Å²) < 4.78 is 27.3. The van der Waals surface area contributed by atoms with Crippen LogP contribution in [0, 0.1) is 11.6 Å². The van der Waals surface area contributed by atoms with Gasteiger partial charge in [-0.15, -0.1) is 0 Å². The number of aliphatic hydroxyl groups excluding tert-OH is 1. The Morgan fingerprint density at radius 3 is 2.49 bits per heavy atom. The average Bonchev–Trinajstić information content (AvgIpc) is 2.83. The summed E-state index contributed by atoms with van der Waals surface area (Å²) in [5, 5.41) is 24.0. The molecule has 1 aliphatic heterocycles. The van der Waals surface area contributed by atoms with E-state index in [0.717, 1.165) is 19.0 Å². The van der Waals surface area contributed by atoms with Crippen LogP contribution in [-0.4, -0.2) is 68.4 Å². The number of fused-ring (bicyclic) bond motifs is 1. The first kappa shape index (κ1) is 25.2. The molecule has 3 N–H and O–H groups in total. The molecule has 1 fully saturated rings. The highest BCUT2D eigenvalue weighted by molar-refractivity contribution is 5.80. The molecule has 0 bridgehead atoms. The summed E-state index contributed by atoms with van der Waals surface area (Å²) in [4.78, 5) is 18.1. The Bertz CT molecular complexity index is 1180. The largest absolute Gasteiger partial charge is 0.387 e. The molecule has 1 atom stereocenters. The molecule has 0 saturated carbocycles. The smallest absolute Gasteiger partial charge is 0.172 e. The average molecular weight is 487 g/mol. The van der Waals surface area contributed by atoms with Crippen molar-refractivity contribution in [2.24, 2.45) is 0 Å². The Hall–Kier alpha value is -2.95. The van der Waals surface area contributed by atoms with Gasteiger partial charge in [0.1, 0.15) is 23.3 Å². The van der Waals surface area contributed by atoms with Crippen LogP contribution in [0.4, 0.5) is 20.4 Å². The SMILES string of the molecule is CCCNc1nc2cnc(C(O)C(C)(C)O)cc2nc1N1CCN(Cc2ccc(F)cc2F)CC1. The van der Waals surface area contributed by atoms with Gasteiger partial charge < -0.3 is 20.4 Å². The fourth-order valence-electron chi connectivity index (χ4n) is 4.07. The molecule has 0 amide bonds. The number of pyridine rings is 1. The van der Waals surface area contributed by atoms with Crippen molar-refractivity contribution in [1.29, 1.82) is 0 Å². The zero-order chi connectivity index (χ0) is 25.2. The van der Waals surface area contributed by atoms with E-state index in [1.54, 1.807) is 12.3 Å². The number of aromatic nitrogens is 3. The number of rotatable bonds is 8. The van der Waals surface area contributed by atoms with Gasteiger partial charge in [0.2, 0.25) is 0 Å². The lowest BCUT2D eigenvalue weighted by atomic mass is 9.98. The normalized spacial score (nSPS) is 16.0. The van der Waals surface area contributed by atoms with Gasteiger partial charge in [-0.25, -0.2) is 18.7 Å². The Kier molecular flexibility index (Phi) is 7.44. The maximum atomic E-state index is 14.1. The topological polar surface area (TPSA) is 97.6 Å². The second kappa shape index (κ2) is 10.3. The third-order valence-corrected chi connectivity index (χ3v) is 6.13. The molecule has 3 heterocycles. The van der Waals surface area contributed by atoms with Gasteiger partial charge in [0, 0.05) is 50.9 Å². The van der Waals surface area contributed by atoms with Crippen molar-refractivity contribution < 1.29 is 19.0 Å². The van der Waals surface area contributed by atoms with E-state index in [1.165, 1.54) is 26.0 Å². The fraction of sp³-hybridized carbons (Fsp3) is 0.480. The lowest BCUT2D eigenvalue weighted by molar-refractivity contribution is -0.0516. The molecule has 10 heteroatoms. The van der Waals surface area contributed by atoms with Crippen molar-refractivity contribution in [3.63, 3.8) is 0 Å². The highest BCUT2D eigenvalue weighted by Gasteiger charge is 2.28. The van der Waals surface area contributed by atoms with Crippen LogP contribution in [0.3, 0.4) is 0 Å². The molecule has 2 aromatic heterocycles. The Morgan fingerprint density at radius 2 is 1.83 bits per heavy atom. The molecule has 0 radical (unpaired) electrons. The van der Waals surface area contributed by atoms with E-state index in [4.69, 9.17) is 9.97 Å². The maximum absolute atomic E-state index is 14.1. The first-order chi connectivity index (χ1) is 16.7. The van der Waals surface area contributed by atoms with E-state index in [0.29, 0.717) is 66.7 Å². The van der Waals surface area contributed by atoms with Crippen LogP contribution >= 0.6 is 0 Å². The third-order valence-electron chi connectivity index (χ3n) is 6.13. The lowest BCUT2D eigenvalue weighted by Gasteiger charge is -2.36. The van der Waals surface area contributed by atoms with E-state index in [1.807, 2.05) is 0 Å². The van der Waals surface area contributed by atoms with Gasteiger partial charge in [-0.2, -0.15) is 0 Å². The van der Waals surface area contributed by atoms with Crippen molar-refractivity contribution in [2.75, 3.05) is 42.9 Å². The summed E-state index contributed by atoms with van der Waals surface area (Å²) in [6.45, 7) is 8.95. The lowest BCUT2D eigenvalue weighted by Crippen LogP contribution is -2.46. The molecule has 3 aromatic rings. The Labute approximate surface area is 203 Å². The molecule has 35 heavy (non-hydrogen) atoms. The van der Waals surface area contributed by atoms with Crippen LogP contribution in [0.15, 0.2) is 30.5 Å². The summed E-state index contributed by atoms with van der Waals surface area (Å²) in [6.07, 6.45) is 1.32. The second-order valence-electron chi connectivity index (χ2n) is 9.48. The highest BCUT2D eigenvalue weighted by atomic mass is 19.1. The van der Waals surface area contributed by atoms with Crippen molar-refractivity contribution in [3.05, 3.63) is 53.4 Å². The summed E-state index contributed by atoms with van der Waals surface area (Å²) in [5.74, 6) is 0.256. The molecule has 1 saturated heterocycles. The van der Waals surface area contributed by atoms with E-state index in [-0.39, 0.29) is 0 Å². The number of nitrogens with one attached hydrogen (secondary N) is 1. The number of piperazine rings is 1. The quantitative estimate of drug-likeness (QED) is 0.447. The van der Waals surface area contributed by atoms with Gasteiger partial charge in [0.25, 0.3) is 0 Å². The molecule has 1 aliphatic rings. The summed E-state index contributed by atoms with van der Waals surface area (Å²) >= 11 is 0. The first-order valence-corrected chi connectivity index (χ1v) is 11.9. The van der Waals surface area contributed by atoms with E-state index < -0.39 is 23.3 Å². The molecule has 188 valence electrons. The zero-order valence-corrected chi connectivity index (χ0v) is 20.3. The van der Waals surface area contributed by atoms with Crippen LogP contribution in [0.5, 0.6) is 0 Å². The van der Waals surface area contributed by atoms with Crippen molar-refractivity contribution in [3.8, 4) is 0 Å². The number of anilines is 2. The third kappa shape index (κ3) is 5.83. The molecule has 1 unspecified atom stereocenters. The van der Waals surface area contributed by atoms with Crippen LogP contribution in [0.2, 0.25) is 0 Å². The van der Waals surface area contributed by atoms with Gasteiger partial charge in [-0.1, -0.05) is 13.0 Å². The van der Waals surface area contributed by atoms with E-state index in [2.05, 4.69) is 27.0 Å². The maximum Gasteiger partial charge on any atom is 0.172 e. The predicted molar refractivity (Wildman–Crippen MR) is 131 cm³/mol. The molecule has 0 aliphatic carbocycles. The van der Waals surface area contributed by atoms with Gasteiger partial charge in [0.05, 0.1) is 23.0 Å². The molecule has 4 rings (SSSR count). The number of hydrogen-bond donors (Lipinski definition) is 3. The number of benzene rings is 1. The number of aliphatic hydroxyl groups is 2. The van der Waals surface area contributed by atoms with E-state index >= 15 is 0 Å².